The number of carbonyl (C=O) groups excluding carboxylic acids is 1. The lowest BCUT2D eigenvalue weighted by atomic mass is 10.1. The normalized spacial score (nSPS) is 16.8. The van der Waals surface area contributed by atoms with Crippen LogP contribution in [-0.4, -0.2) is 62.1 Å². The molecule has 0 unspecified atom stereocenters. The first-order chi connectivity index (χ1) is 10.1. The average Bonchev–Trinajstić information content (AvgIpc) is 2.68. The van der Waals surface area contributed by atoms with Crippen LogP contribution in [0.4, 0.5) is 10.1 Å². The third-order valence-electron chi connectivity index (χ3n) is 3.65. The molecule has 116 valence electrons. The van der Waals surface area contributed by atoms with Crippen LogP contribution in [-0.2, 0) is 4.74 Å². The van der Waals surface area contributed by atoms with Crippen molar-refractivity contribution in [2.45, 2.75) is 6.42 Å². The number of ether oxygens (including phenoxy) is 1. The van der Waals surface area contributed by atoms with Crippen molar-refractivity contribution in [1.29, 1.82) is 0 Å². The fourth-order valence-electron chi connectivity index (χ4n) is 2.54. The molecule has 0 aromatic heterocycles. The molecule has 0 radical (unpaired) electrons. The molecule has 0 spiro atoms. The zero-order valence-corrected chi connectivity index (χ0v) is 12.3. The highest BCUT2D eigenvalue weighted by Gasteiger charge is 2.20. The molecule has 1 heterocycles. The molecule has 1 amide bonds. The zero-order chi connectivity index (χ0) is 15.2. The monoisotopic (exact) mass is 295 g/mol. The van der Waals surface area contributed by atoms with Crippen molar-refractivity contribution in [3.8, 4) is 0 Å². The van der Waals surface area contributed by atoms with Gasteiger partial charge in [0.25, 0.3) is 5.91 Å². The number of nitrogen functional groups attached to an aromatic ring is 1. The first-order valence-corrected chi connectivity index (χ1v) is 7.17. The number of rotatable bonds is 4. The van der Waals surface area contributed by atoms with Crippen molar-refractivity contribution < 1.29 is 13.9 Å². The molecule has 1 fully saturated rings. The van der Waals surface area contributed by atoms with Gasteiger partial charge in [0.2, 0.25) is 0 Å². The summed E-state index contributed by atoms with van der Waals surface area (Å²) in [6, 6.07) is 3.98. The molecule has 0 atom stereocenters. The Kier molecular flexibility index (Phi) is 5.52. The van der Waals surface area contributed by atoms with Gasteiger partial charge >= 0.3 is 0 Å². The van der Waals surface area contributed by atoms with Crippen LogP contribution in [0.3, 0.4) is 0 Å². The second-order valence-corrected chi connectivity index (χ2v) is 5.25. The van der Waals surface area contributed by atoms with Crippen LogP contribution in [0.5, 0.6) is 0 Å². The van der Waals surface area contributed by atoms with Gasteiger partial charge in [-0.2, -0.15) is 0 Å². The highest BCUT2D eigenvalue weighted by molar-refractivity contribution is 5.95. The van der Waals surface area contributed by atoms with Crippen LogP contribution in [0, 0.1) is 5.82 Å². The lowest BCUT2D eigenvalue weighted by Crippen LogP contribution is -2.36. The predicted octanol–water partition coefficient (Wildman–Crippen LogP) is 1.20. The third kappa shape index (κ3) is 4.41. The molecule has 21 heavy (non-hydrogen) atoms. The Labute approximate surface area is 124 Å². The van der Waals surface area contributed by atoms with Crippen LogP contribution in [0.2, 0.25) is 0 Å². The minimum atomic E-state index is -0.477. The number of methoxy groups -OCH3 is 1. The fourth-order valence-corrected chi connectivity index (χ4v) is 2.54. The molecule has 1 aromatic rings. The zero-order valence-electron chi connectivity index (χ0n) is 12.3. The summed E-state index contributed by atoms with van der Waals surface area (Å²) in [6.07, 6.45) is 0.903. The maximum Gasteiger partial charge on any atom is 0.254 e. The summed E-state index contributed by atoms with van der Waals surface area (Å²) in [5.74, 6) is -0.635. The van der Waals surface area contributed by atoms with Gasteiger partial charge in [-0.05, 0) is 31.2 Å². The van der Waals surface area contributed by atoms with Crippen LogP contribution in [0.15, 0.2) is 18.2 Å². The second-order valence-electron chi connectivity index (χ2n) is 5.25. The first-order valence-electron chi connectivity index (χ1n) is 7.17. The summed E-state index contributed by atoms with van der Waals surface area (Å²) in [5.41, 5.74) is 6.19. The Bertz CT molecular complexity index is 476. The number of halogens is 1. The minimum absolute atomic E-state index is 0.158. The third-order valence-corrected chi connectivity index (χ3v) is 3.65. The predicted molar refractivity (Wildman–Crippen MR) is 79.6 cm³/mol. The number of nitrogens with zero attached hydrogens (tertiary/aromatic N) is 2. The van der Waals surface area contributed by atoms with E-state index in [0.29, 0.717) is 25.3 Å². The Morgan fingerprint density at radius 2 is 2.10 bits per heavy atom. The van der Waals surface area contributed by atoms with E-state index < -0.39 is 5.82 Å². The topological polar surface area (TPSA) is 58.8 Å². The molecule has 1 aromatic carbocycles. The Morgan fingerprint density at radius 3 is 2.81 bits per heavy atom. The molecular weight excluding hydrogens is 273 g/mol. The molecule has 0 saturated carbocycles. The van der Waals surface area contributed by atoms with Gasteiger partial charge in [0, 0.05) is 44.5 Å². The van der Waals surface area contributed by atoms with E-state index >= 15 is 0 Å². The summed E-state index contributed by atoms with van der Waals surface area (Å²) >= 11 is 0. The van der Waals surface area contributed by atoms with Gasteiger partial charge < -0.3 is 15.4 Å². The van der Waals surface area contributed by atoms with E-state index in [9.17, 15) is 9.18 Å². The summed E-state index contributed by atoms with van der Waals surface area (Å²) in [4.78, 5) is 16.5. The average molecular weight is 295 g/mol. The fraction of sp³-hybridized carbons (Fsp3) is 0.533. The summed E-state index contributed by atoms with van der Waals surface area (Å²) in [6.45, 7) is 4.62. The van der Waals surface area contributed by atoms with Gasteiger partial charge in [0.05, 0.1) is 6.61 Å². The van der Waals surface area contributed by atoms with E-state index in [-0.39, 0.29) is 11.6 Å². The van der Waals surface area contributed by atoms with Crippen LogP contribution in [0.25, 0.3) is 0 Å². The van der Waals surface area contributed by atoms with Crippen LogP contribution in [0.1, 0.15) is 16.8 Å². The number of nitrogens with two attached hydrogens (primary N) is 1. The first kappa shape index (κ1) is 15.7. The second kappa shape index (κ2) is 7.38. The number of anilines is 1. The van der Waals surface area contributed by atoms with Crippen LogP contribution >= 0.6 is 0 Å². The molecule has 1 saturated heterocycles. The van der Waals surface area contributed by atoms with Gasteiger partial charge in [-0.25, -0.2) is 4.39 Å². The molecule has 6 heteroatoms. The van der Waals surface area contributed by atoms with E-state index in [2.05, 4.69) is 4.90 Å². The van der Waals surface area contributed by atoms with E-state index in [1.807, 2.05) is 0 Å². The largest absolute Gasteiger partial charge is 0.399 e. The molecular formula is C15H22FN3O2. The standard InChI is InChI=1S/C15H22FN3O2/c1-21-8-7-18-3-2-4-19(6-5-18)15(20)12-9-13(16)11-14(17)10-12/h9-11H,2-8,17H2,1H3. The lowest BCUT2D eigenvalue weighted by Gasteiger charge is -2.22. The number of benzene rings is 1. The SMILES string of the molecule is COCCN1CCCN(C(=O)c2cc(N)cc(F)c2)CC1. The molecule has 5 nitrogen and oxygen atoms in total. The van der Waals surface area contributed by atoms with E-state index in [0.717, 1.165) is 26.1 Å². The van der Waals surface area contributed by atoms with Gasteiger partial charge in [0.1, 0.15) is 5.82 Å². The van der Waals surface area contributed by atoms with Gasteiger partial charge in [-0.15, -0.1) is 0 Å². The number of carbonyl (C=O) groups is 1. The molecule has 0 bridgehead atoms. The molecule has 2 rings (SSSR count). The molecule has 0 aliphatic carbocycles. The van der Waals surface area contributed by atoms with Crippen molar-refractivity contribution in [3.05, 3.63) is 29.6 Å². The Hall–Kier alpha value is -1.66. The molecule has 1 aliphatic heterocycles. The number of hydrogen-bond acceptors (Lipinski definition) is 4. The lowest BCUT2D eigenvalue weighted by molar-refractivity contribution is 0.0758. The van der Waals surface area contributed by atoms with Crippen molar-refractivity contribution in [1.82, 2.24) is 9.80 Å². The van der Waals surface area contributed by atoms with E-state index in [4.69, 9.17) is 10.5 Å². The minimum Gasteiger partial charge on any atom is -0.399 e. The van der Waals surface area contributed by atoms with Crippen molar-refractivity contribution in [2.75, 3.05) is 52.2 Å². The van der Waals surface area contributed by atoms with Crippen molar-refractivity contribution >= 4 is 11.6 Å². The Morgan fingerprint density at radius 1 is 1.29 bits per heavy atom. The maximum atomic E-state index is 13.4. The van der Waals surface area contributed by atoms with Crippen molar-refractivity contribution in [2.24, 2.45) is 0 Å². The van der Waals surface area contributed by atoms with Gasteiger partial charge in [0.15, 0.2) is 0 Å². The number of hydrogen-bond donors (Lipinski definition) is 1. The van der Waals surface area contributed by atoms with Gasteiger partial charge in [-0.1, -0.05) is 0 Å². The summed E-state index contributed by atoms with van der Waals surface area (Å²) in [7, 11) is 1.68. The highest BCUT2D eigenvalue weighted by atomic mass is 19.1. The van der Waals surface area contributed by atoms with E-state index in [1.54, 1.807) is 12.0 Å². The highest BCUT2D eigenvalue weighted by Crippen LogP contribution is 2.14. The van der Waals surface area contributed by atoms with Gasteiger partial charge in [-0.3, -0.25) is 9.69 Å². The maximum absolute atomic E-state index is 13.4. The van der Waals surface area contributed by atoms with Crippen LogP contribution < -0.4 is 5.73 Å². The number of amides is 1. The summed E-state index contributed by atoms with van der Waals surface area (Å²) in [5, 5.41) is 0. The summed E-state index contributed by atoms with van der Waals surface area (Å²) < 4.78 is 18.4. The molecule has 2 N–H and O–H groups in total. The Balaban J connectivity index is 1.99. The van der Waals surface area contributed by atoms with E-state index in [1.165, 1.54) is 18.2 Å². The van der Waals surface area contributed by atoms with Crippen molar-refractivity contribution in [3.63, 3.8) is 0 Å². The smallest absolute Gasteiger partial charge is 0.254 e. The molecule has 1 aliphatic rings. The quantitative estimate of drug-likeness (QED) is 0.848.